The van der Waals surface area contributed by atoms with Gasteiger partial charge in [-0.1, -0.05) is 6.92 Å². The molecule has 1 N–H and O–H groups in total. The third kappa shape index (κ3) is 4.33. The fourth-order valence-corrected chi connectivity index (χ4v) is 1.75. The molecule has 1 heterocycles. The molecule has 1 aromatic heterocycles. The van der Waals surface area contributed by atoms with E-state index in [0.717, 1.165) is 31.6 Å². The maximum atomic E-state index is 9.83. The number of aromatic nitrogens is 2. The predicted octanol–water partition coefficient (Wildman–Crippen LogP) is 1.62. The van der Waals surface area contributed by atoms with Crippen LogP contribution in [0.4, 0.5) is 0 Å². The number of aryl methyl sites for hydroxylation is 1. The van der Waals surface area contributed by atoms with E-state index in [0.29, 0.717) is 13.0 Å². The van der Waals surface area contributed by atoms with Gasteiger partial charge >= 0.3 is 0 Å². The van der Waals surface area contributed by atoms with Crippen LogP contribution in [0.2, 0.25) is 0 Å². The van der Waals surface area contributed by atoms with Gasteiger partial charge in [-0.3, -0.25) is 0 Å². The minimum Gasteiger partial charge on any atom is -0.393 e. The van der Waals surface area contributed by atoms with Gasteiger partial charge in [0.15, 0.2) is 0 Å². The van der Waals surface area contributed by atoms with Gasteiger partial charge in [0.1, 0.15) is 5.82 Å². The molecule has 92 valence electrons. The maximum Gasteiger partial charge on any atom is 0.111 e. The van der Waals surface area contributed by atoms with E-state index in [2.05, 4.69) is 16.5 Å². The lowest BCUT2D eigenvalue weighted by Gasteiger charge is -2.11. The first kappa shape index (κ1) is 13.2. The first-order chi connectivity index (χ1) is 7.77. The lowest BCUT2D eigenvalue weighted by Crippen LogP contribution is -2.15. The number of ether oxygens (including phenoxy) is 1. The van der Waals surface area contributed by atoms with Crippen LogP contribution in [0.1, 0.15) is 32.0 Å². The predicted molar refractivity (Wildman–Crippen MR) is 63.3 cm³/mol. The molecule has 4 nitrogen and oxygen atoms in total. The number of methoxy groups -OCH3 is 1. The van der Waals surface area contributed by atoms with Crippen molar-refractivity contribution in [2.45, 2.75) is 45.3 Å². The van der Waals surface area contributed by atoms with E-state index < -0.39 is 0 Å². The van der Waals surface area contributed by atoms with Crippen LogP contribution in [-0.4, -0.2) is 34.5 Å². The standard InChI is InChI=1S/C12H22N2O2/c1-3-7-14-8-6-13-12(14)10-11(15)5-4-9-16-2/h6,8,11,15H,3-5,7,9-10H2,1-2H3. The van der Waals surface area contributed by atoms with Crippen molar-refractivity contribution in [2.75, 3.05) is 13.7 Å². The molecule has 0 fully saturated rings. The summed E-state index contributed by atoms with van der Waals surface area (Å²) >= 11 is 0. The topological polar surface area (TPSA) is 47.3 Å². The zero-order valence-corrected chi connectivity index (χ0v) is 10.2. The largest absolute Gasteiger partial charge is 0.393 e. The lowest BCUT2D eigenvalue weighted by molar-refractivity contribution is 0.133. The molecule has 0 radical (unpaired) electrons. The molecule has 16 heavy (non-hydrogen) atoms. The van der Waals surface area contributed by atoms with E-state index in [4.69, 9.17) is 4.74 Å². The Labute approximate surface area is 97.3 Å². The van der Waals surface area contributed by atoms with Crippen LogP contribution in [0.5, 0.6) is 0 Å². The van der Waals surface area contributed by atoms with Gasteiger partial charge in [0.2, 0.25) is 0 Å². The molecule has 0 bridgehead atoms. The number of nitrogens with zero attached hydrogens (tertiary/aromatic N) is 2. The van der Waals surface area contributed by atoms with Gasteiger partial charge in [0.25, 0.3) is 0 Å². The zero-order valence-electron chi connectivity index (χ0n) is 10.2. The molecule has 0 aromatic carbocycles. The Morgan fingerprint density at radius 1 is 1.56 bits per heavy atom. The Balaban J connectivity index is 2.36. The van der Waals surface area contributed by atoms with E-state index in [1.807, 2.05) is 6.20 Å². The van der Waals surface area contributed by atoms with Gasteiger partial charge in [-0.15, -0.1) is 0 Å². The molecule has 1 unspecified atom stereocenters. The second kappa shape index (κ2) is 7.41. The van der Waals surface area contributed by atoms with E-state index in [1.54, 1.807) is 13.3 Å². The highest BCUT2D eigenvalue weighted by Crippen LogP contribution is 2.07. The molecule has 0 saturated carbocycles. The number of hydrogen-bond acceptors (Lipinski definition) is 3. The molecule has 0 saturated heterocycles. The summed E-state index contributed by atoms with van der Waals surface area (Å²) in [6.07, 6.45) is 6.85. The van der Waals surface area contributed by atoms with Crippen LogP contribution in [0, 0.1) is 0 Å². The number of imidazole rings is 1. The molecular formula is C12H22N2O2. The summed E-state index contributed by atoms with van der Waals surface area (Å²) in [6, 6.07) is 0. The first-order valence-corrected chi connectivity index (χ1v) is 5.95. The molecule has 0 aliphatic heterocycles. The van der Waals surface area contributed by atoms with E-state index in [1.165, 1.54) is 0 Å². The van der Waals surface area contributed by atoms with Gasteiger partial charge in [0, 0.05) is 39.1 Å². The average molecular weight is 226 g/mol. The summed E-state index contributed by atoms with van der Waals surface area (Å²) in [5.41, 5.74) is 0. The highest BCUT2D eigenvalue weighted by molar-refractivity contribution is 4.94. The Morgan fingerprint density at radius 2 is 2.38 bits per heavy atom. The second-order valence-electron chi connectivity index (χ2n) is 4.03. The third-order valence-electron chi connectivity index (χ3n) is 2.57. The van der Waals surface area contributed by atoms with Crippen molar-refractivity contribution in [3.05, 3.63) is 18.2 Å². The van der Waals surface area contributed by atoms with E-state index >= 15 is 0 Å². The SMILES string of the molecule is CCCn1ccnc1CC(O)CCCOC. The maximum absolute atomic E-state index is 9.83. The van der Waals surface area contributed by atoms with Crippen LogP contribution in [0.25, 0.3) is 0 Å². The third-order valence-corrected chi connectivity index (χ3v) is 2.57. The van der Waals surface area contributed by atoms with Gasteiger partial charge in [-0.2, -0.15) is 0 Å². The molecule has 0 amide bonds. The molecule has 1 atom stereocenters. The molecular weight excluding hydrogens is 204 g/mol. The van der Waals surface area contributed by atoms with Crippen LogP contribution in [0.15, 0.2) is 12.4 Å². The normalized spacial score (nSPS) is 12.9. The van der Waals surface area contributed by atoms with Crippen molar-refractivity contribution in [2.24, 2.45) is 0 Å². The van der Waals surface area contributed by atoms with Crippen molar-refractivity contribution in [3.63, 3.8) is 0 Å². The molecule has 4 heteroatoms. The van der Waals surface area contributed by atoms with Crippen molar-refractivity contribution < 1.29 is 9.84 Å². The highest BCUT2D eigenvalue weighted by Gasteiger charge is 2.09. The number of aliphatic hydroxyl groups is 1. The summed E-state index contributed by atoms with van der Waals surface area (Å²) in [7, 11) is 1.68. The fraction of sp³-hybridized carbons (Fsp3) is 0.750. The Kier molecular flexibility index (Phi) is 6.11. The zero-order chi connectivity index (χ0) is 11.8. The van der Waals surface area contributed by atoms with Crippen molar-refractivity contribution in [1.29, 1.82) is 0 Å². The minimum absolute atomic E-state index is 0.312. The number of hydrogen-bond donors (Lipinski definition) is 1. The Bertz CT molecular complexity index is 286. The van der Waals surface area contributed by atoms with Crippen LogP contribution in [0.3, 0.4) is 0 Å². The highest BCUT2D eigenvalue weighted by atomic mass is 16.5. The lowest BCUT2D eigenvalue weighted by atomic mass is 10.1. The summed E-state index contributed by atoms with van der Waals surface area (Å²) in [5.74, 6) is 0.978. The fourth-order valence-electron chi connectivity index (χ4n) is 1.75. The van der Waals surface area contributed by atoms with Crippen LogP contribution < -0.4 is 0 Å². The van der Waals surface area contributed by atoms with Crippen LogP contribution >= 0.6 is 0 Å². The second-order valence-corrected chi connectivity index (χ2v) is 4.03. The molecule has 1 rings (SSSR count). The summed E-state index contributed by atoms with van der Waals surface area (Å²) in [5, 5.41) is 9.83. The van der Waals surface area contributed by atoms with Crippen molar-refractivity contribution >= 4 is 0 Å². The Morgan fingerprint density at radius 3 is 3.06 bits per heavy atom. The Hall–Kier alpha value is -0.870. The van der Waals surface area contributed by atoms with Crippen LogP contribution in [-0.2, 0) is 17.7 Å². The quantitative estimate of drug-likeness (QED) is 0.685. The van der Waals surface area contributed by atoms with E-state index in [-0.39, 0.29) is 6.10 Å². The van der Waals surface area contributed by atoms with Gasteiger partial charge < -0.3 is 14.4 Å². The first-order valence-electron chi connectivity index (χ1n) is 5.95. The van der Waals surface area contributed by atoms with Crippen molar-refractivity contribution in [1.82, 2.24) is 9.55 Å². The molecule has 0 aliphatic rings. The average Bonchev–Trinajstić information content (AvgIpc) is 2.67. The van der Waals surface area contributed by atoms with Gasteiger partial charge in [0.05, 0.1) is 6.10 Å². The summed E-state index contributed by atoms with van der Waals surface area (Å²) in [6.45, 7) is 3.82. The van der Waals surface area contributed by atoms with E-state index in [9.17, 15) is 5.11 Å². The number of aliphatic hydroxyl groups excluding tert-OH is 1. The minimum atomic E-state index is -0.312. The smallest absolute Gasteiger partial charge is 0.111 e. The molecule has 0 spiro atoms. The summed E-state index contributed by atoms with van der Waals surface area (Å²) < 4.78 is 7.07. The molecule has 1 aromatic rings. The number of rotatable bonds is 8. The summed E-state index contributed by atoms with van der Waals surface area (Å²) in [4.78, 5) is 4.27. The van der Waals surface area contributed by atoms with Gasteiger partial charge in [-0.25, -0.2) is 4.98 Å². The molecule has 0 aliphatic carbocycles. The monoisotopic (exact) mass is 226 g/mol. The van der Waals surface area contributed by atoms with Crippen molar-refractivity contribution in [3.8, 4) is 0 Å². The van der Waals surface area contributed by atoms with Gasteiger partial charge in [-0.05, 0) is 19.3 Å².